The summed E-state index contributed by atoms with van der Waals surface area (Å²) in [5.74, 6) is -0.937. The maximum absolute atomic E-state index is 12.4. The molecule has 0 saturated carbocycles. The molecule has 0 rings (SSSR count). The van der Waals surface area contributed by atoms with Crippen molar-refractivity contribution in [1.29, 1.82) is 0 Å². The molecule has 0 fully saturated rings. The first-order valence-electron chi connectivity index (χ1n) is 22.3. The van der Waals surface area contributed by atoms with Crippen LogP contribution in [-0.2, 0) is 28.2 Å². The van der Waals surface area contributed by atoms with Gasteiger partial charge in [-0.05, 0) is 44.9 Å². The van der Waals surface area contributed by atoms with Gasteiger partial charge in [0.2, 0.25) is 0 Å². The van der Waals surface area contributed by atoms with Crippen LogP contribution in [0.5, 0.6) is 0 Å². The Labute approximate surface area is 332 Å². The molecule has 0 aliphatic heterocycles. The first-order chi connectivity index (χ1) is 26.3. The number of hydrogen-bond acceptors (Lipinski definition) is 6. The summed E-state index contributed by atoms with van der Waals surface area (Å²) in [5, 5.41) is 0. The number of carbonyl (C=O) groups excluding carboxylic acids is 2. The minimum Gasteiger partial charge on any atom is -0.462 e. The molecule has 54 heavy (non-hydrogen) atoms. The molecule has 0 aromatic carbocycles. The van der Waals surface area contributed by atoms with Gasteiger partial charge in [-0.2, -0.15) is 0 Å². The molecule has 316 valence electrons. The number of phosphoric acid groups is 1. The highest BCUT2D eigenvalue weighted by Gasteiger charge is 2.22. The van der Waals surface area contributed by atoms with E-state index in [-0.39, 0.29) is 19.4 Å². The van der Waals surface area contributed by atoms with E-state index in [1.807, 2.05) is 6.08 Å². The molecule has 0 saturated heterocycles. The van der Waals surface area contributed by atoms with Crippen molar-refractivity contribution in [2.75, 3.05) is 13.2 Å². The van der Waals surface area contributed by atoms with Crippen LogP contribution < -0.4 is 0 Å². The second kappa shape index (κ2) is 40.9. The van der Waals surface area contributed by atoms with Crippen LogP contribution in [0.25, 0.3) is 0 Å². The maximum Gasteiger partial charge on any atom is 0.469 e. The van der Waals surface area contributed by atoms with Crippen LogP contribution in [-0.4, -0.2) is 41.0 Å². The lowest BCUT2D eigenvalue weighted by Crippen LogP contribution is -2.29. The topological polar surface area (TPSA) is 119 Å². The fourth-order valence-electron chi connectivity index (χ4n) is 6.33. The van der Waals surface area contributed by atoms with Crippen molar-refractivity contribution in [3.8, 4) is 0 Å². The highest BCUT2D eigenvalue weighted by Crippen LogP contribution is 2.36. The molecule has 0 radical (unpaired) electrons. The number of ether oxygens (including phenoxy) is 2. The Hall–Kier alpha value is -1.73. The SMILES string of the molecule is CCCCCCCC/C=C/C/C=C/C/C=C/CCCC(=O)OC[C@H](COP(=O)(O)O)OC(=O)CCCCCCCCCCCCCCCCCCCCC. The van der Waals surface area contributed by atoms with Gasteiger partial charge in [0.15, 0.2) is 6.10 Å². The van der Waals surface area contributed by atoms with Crippen molar-refractivity contribution < 1.29 is 37.9 Å². The van der Waals surface area contributed by atoms with E-state index >= 15 is 0 Å². The average Bonchev–Trinajstić information content (AvgIpc) is 3.14. The average molecular weight is 783 g/mol. The van der Waals surface area contributed by atoms with Crippen molar-refractivity contribution in [1.82, 2.24) is 0 Å². The lowest BCUT2D eigenvalue weighted by molar-refractivity contribution is -0.161. The molecule has 0 aliphatic carbocycles. The molecule has 0 aromatic rings. The number of rotatable bonds is 41. The van der Waals surface area contributed by atoms with E-state index in [1.54, 1.807) is 0 Å². The highest BCUT2D eigenvalue weighted by atomic mass is 31.2. The van der Waals surface area contributed by atoms with Crippen LogP contribution in [0.1, 0.15) is 219 Å². The molecule has 1 atom stereocenters. The zero-order chi connectivity index (χ0) is 39.6. The standard InChI is InChI=1S/C45H83O8P/c1-3-5-7-9-11-13-15-17-19-21-22-24-26-28-30-32-34-36-38-40-45(47)53-43(42-52-54(48,49)50)41-51-44(46)39-37-35-33-31-29-27-25-23-20-18-16-14-12-10-8-6-4-2/h18,20,25,27,31,33,43H,3-17,19,21-24,26,28-30,32,34-42H2,1-2H3,(H2,48,49,50)/b20-18+,27-25+,33-31+/t43-/m1/s1. The summed E-state index contributed by atoms with van der Waals surface area (Å²) in [7, 11) is -4.76. The number of carbonyl (C=O) groups is 2. The summed E-state index contributed by atoms with van der Waals surface area (Å²) < 4.78 is 26.4. The Morgan fingerprint density at radius 2 is 0.852 bits per heavy atom. The summed E-state index contributed by atoms with van der Waals surface area (Å²) in [6, 6.07) is 0. The Bertz CT molecular complexity index is 973. The Kier molecular flexibility index (Phi) is 39.6. The van der Waals surface area contributed by atoms with Gasteiger partial charge in [0.25, 0.3) is 0 Å². The van der Waals surface area contributed by atoms with E-state index in [1.165, 1.54) is 135 Å². The minimum atomic E-state index is -4.76. The Morgan fingerprint density at radius 1 is 0.481 bits per heavy atom. The predicted molar refractivity (Wildman–Crippen MR) is 225 cm³/mol. The van der Waals surface area contributed by atoms with Gasteiger partial charge < -0.3 is 19.3 Å². The lowest BCUT2D eigenvalue weighted by atomic mass is 10.0. The third-order valence-electron chi connectivity index (χ3n) is 9.66. The van der Waals surface area contributed by atoms with Crippen molar-refractivity contribution >= 4 is 19.8 Å². The van der Waals surface area contributed by atoms with Crippen LogP contribution in [0.2, 0.25) is 0 Å². The molecule has 9 heteroatoms. The Morgan fingerprint density at radius 3 is 1.30 bits per heavy atom. The number of unbranched alkanes of at least 4 members (excludes halogenated alkanes) is 25. The fourth-order valence-corrected chi connectivity index (χ4v) is 6.69. The normalized spacial score (nSPS) is 12.7. The van der Waals surface area contributed by atoms with E-state index < -0.39 is 32.5 Å². The molecule has 0 spiro atoms. The molecule has 0 aliphatic rings. The predicted octanol–water partition coefficient (Wildman–Crippen LogP) is 13.7. The van der Waals surface area contributed by atoms with E-state index in [2.05, 4.69) is 48.8 Å². The van der Waals surface area contributed by atoms with Crippen molar-refractivity contribution in [2.45, 2.75) is 225 Å². The third-order valence-corrected chi connectivity index (χ3v) is 10.1. The number of hydrogen-bond donors (Lipinski definition) is 2. The molecule has 0 amide bonds. The van der Waals surface area contributed by atoms with Crippen molar-refractivity contribution in [3.05, 3.63) is 36.5 Å². The largest absolute Gasteiger partial charge is 0.469 e. The summed E-state index contributed by atoms with van der Waals surface area (Å²) in [6.07, 6.45) is 48.8. The first kappa shape index (κ1) is 52.3. The summed E-state index contributed by atoms with van der Waals surface area (Å²) in [6.45, 7) is 3.66. The van der Waals surface area contributed by atoms with Crippen LogP contribution in [0.4, 0.5) is 0 Å². The number of phosphoric ester groups is 1. The molecule has 0 bridgehead atoms. The van der Waals surface area contributed by atoms with Gasteiger partial charge in [0.1, 0.15) is 6.61 Å². The summed E-state index contributed by atoms with van der Waals surface area (Å²) >= 11 is 0. The van der Waals surface area contributed by atoms with Crippen LogP contribution in [0.3, 0.4) is 0 Å². The fraction of sp³-hybridized carbons (Fsp3) is 0.822. The minimum absolute atomic E-state index is 0.197. The second-order valence-corrected chi connectivity index (χ2v) is 16.3. The van der Waals surface area contributed by atoms with Crippen LogP contribution in [0.15, 0.2) is 36.5 Å². The maximum atomic E-state index is 12.4. The van der Waals surface area contributed by atoms with Gasteiger partial charge in [-0.1, -0.05) is 198 Å². The first-order valence-corrected chi connectivity index (χ1v) is 23.8. The molecular formula is C45H83O8P. The van der Waals surface area contributed by atoms with Gasteiger partial charge in [-0.25, -0.2) is 4.57 Å². The molecule has 0 heterocycles. The van der Waals surface area contributed by atoms with E-state index in [4.69, 9.17) is 19.3 Å². The van der Waals surface area contributed by atoms with Gasteiger partial charge in [-0.3, -0.25) is 14.1 Å². The lowest BCUT2D eigenvalue weighted by Gasteiger charge is -2.18. The summed E-state index contributed by atoms with van der Waals surface area (Å²) in [4.78, 5) is 42.9. The van der Waals surface area contributed by atoms with Crippen LogP contribution >= 0.6 is 7.82 Å². The van der Waals surface area contributed by atoms with E-state index in [0.717, 1.165) is 44.9 Å². The van der Waals surface area contributed by atoms with Gasteiger partial charge >= 0.3 is 19.8 Å². The zero-order valence-electron chi connectivity index (χ0n) is 34.9. The van der Waals surface area contributed by atoms with Gasteiger partial charge in [0.05, 0.1) is 6.61 Å². The molecule has 0 aromatic heterocycles. The van der Waals surface area contributed by atoms with Crippen molar-refractivity contribution in [3.63, 3.8) is 0 Å². The number of esters is 2. The van der Waals surface area contributed by atoms with Crippen LogP contribution in [0, 0.1) is 0 Å². The van der Waals surface area contributed by atoms with E-state index in [9.17, 15) is 14.2 Å². The van der Waals surface area contributed by atoms with Crippen molar-refractivity contribution in [2.24, 2.45) is 0 Å². The number of allylic oxidation sites excluding steroid dienone is 6. The highest BCUT2D eigenvalue weighted by molar-refractivity contribution is 7.46. The molecule has 0 unspecified atom stereocenters. The van der Waals surface area contributed by atoms with E-state index in [0.29, 0.717) is 12.8 Å². The molecule has 2 N–H and O–H groups in total. The third kappa shape index (κ3) is 43.0. The zero-order valence-corrected chi connectivity index (χ0v) is 35.8. The summed E-state index contributed by atoms with van der Waals surface area (Å²) in [5.41, 5.74) is 0. The molecule has 8 nitrogen and oxygen atoms in total. The molecular weight excluding hydrogens is 699 g/mol. The van der Waals surface area contributed by atoms with Gasteiger partial charge in [-0.15, -0.1) is 0 Å². The Balaban J connectivity index is 3.94. The smallest absolute Gasteiger partial charge is 0.462 e. The monoisotopic (exact) mass is 783 g/mol. The second-order valence-electron chi connectivity index (χ2n) is 15.0. The quantitative estimate of drug-likeness (QED) is 0.0272. The van der Waals surface area contributed by atoms with Gasteiger partial charge in [0, 0.05) is 12.8 Å².